The van der Waals surface area contributed by atoms with Crippen LogP contribution in [0.25, 0.3) is 0 Å². The molecule has 140 valence electrons. The minimum absolute atomic E-state index is 0.0397. The van der Waals surface area contributed by atoms with Crippen molar-refractivity contribution in [1.29, 1.82) is 5.26 Å². The summed E-state index contributed by atoms with van der Waals surface area (Å²) in [5.41, 5.74) is 0.784. The summed E-state index contributed by atoms with van der Waals surface area (Å²) in [7, 11) is 0. The van der Waals surface area contributed by atoms with Gasteiger partial charge in [0.2, 0.25) is 5.91 Å². The van der Waals surface area contributed by atoms with Crippen LogP contribution in [-0.4, -0.2) is 29.7 Å². The van der Waals surface area contributed by atoms with Crippen molar-refractivity contribution >= 4 is 11.7 Å². The van der Waals surface area contributed by atoms with E-state index in [9.17, 15) is 19.2 Å². The van der Waals surface area contributed by atoms with E-state index in [1.54, 1.807) is 12.1 Å². The molecule has 1 spiro atoms. The Morgan fingerprint density at radius 3 is 2.89 bits per heavy atom. The van der Waals surface area contributed by atoms with Crippen LogP contribution < -0.4 is 0 Å². The van der Waals surface area contributed by atoms with Crippen molar-refractivity contribution in [3.8, 4) is 6.07 Å². The first-order chi connectivity index (χ1) is 12.8. The highest BCUT2D eigenvalue weighted by Gasteiger charge is 2.49. The minimum Gasteiger partial charge on any atom is -0.341 e. The number of amides is 1. The van der Waals surface area contributed by atoms with Crippen LogP contribution in [0.2, 0.25) is 0 Å². The number of Topliss-reactive ketones (excluding diaryl/α,β-unsaturated/α-hetero) is 1. The molecule has 4 nitrogen and oxygen atoms in total. The molecule has 1 aliphatic heterocycles. The first-order valence-electron chi connectivity index (χ1n) is 9.50. The van der Waals surface area contributed by atoms with E-state index in [1.807, 2.05) is 30.9 Å². The SMILES string of the molecule is CC1(C)C[C@@]2(C=C(C#N)C1=O)CCN(C(=O)C1CCc3c(F)cccc31)C2. The Kier molecular flexibility index (Phi) is 3.99. The molecule has 0 radical (unpaired) electrons. The predicted octanol–water partition coefficient (Wildman–Crippen LogP) is 3.52. The number of carbonyl (C=O) groups excluding carboxylic acids is 2. The average Bonchev–Trinajstić information content (AvgIpc) is 3.23. The summed E-state index contributed by atoms with van der Waals surface area (Å²) >= 11 is 0. The summed E-state index contributed by atoms with van der Waals surface area (Å²) in [5, 5.41) is 9.37. The van der Waals surface area contributed by atoms with Crippen molar-refractivity contribution in [2.24, 2.45) is 10.8 Å². The van der Waals surface area contributed by atoms with Gasteiger partial charge < -0.3 is 4.90 Å². The fraction of sp³-hybridized carbons (Fsp3) is 0.500. The van der Waals surface area contributed by atoms with Crippen LogP contribution >= 0.6 is 0 Å². The third kappa shape index (κ3) is 2.79. The molecule has 0 bridgehead atoms. The number of ketones is 1. The third-order valence-electron chi connectivity index (χ3n) is 6.43. The van der Waals surface area contributed by atoms with Gasteiger partial charge in [-0.15, -0.1) is 0 Å². The lowest BCUT2D eigenvalue weighted by atomic mass is 9.64. The summed E-state index contributed by atoms with van der Waals surface area (Å²) in [6, 6.07) is 7.02. The Labute approximate surface area is 158 Å². The summed E-state index contributed by atoms with van der Waals surface area (Å²) in [4.78, 5) is 27.4. The number of benzene rings is 1. The summed E-state index contributed by atoms with van der Waals surface area (Å²) in [6.07, 6.45) is 4.43. The molecular weight excluding hydrogens is 343 g/mol. The first-order valence-corrected chi connectivity index (χ1v) is 9.50. The summed E-state index contributed by atoms with van der Waals surface area (Å²) in [5.74, 6) is -0.586. The molecule has 0 N–H and O–H groups in total. The minimum atomic E-state index is -0.595. The number of fused-ring (bicyclic) bond motifs is 1. The second-order valence-electron chi connectivity index (χ2n) is 8.83. The zero-order valence-electron chi connectivity index (χ0n) is 15.7. The number of hydrogen-bond acceptors (Lipinski definition) is 3. The van der Waals surface area contributed by atoms with Crippen LogP contribution in [-0.2, 0) is 16.0 Å². The lowest BCUT2D eigenvalue weighted by Gasteiger charge is -2.38. The van der Waals surface area contributed by atoms with Gasteiger partial charge in [0.25, 0.3) is 0 Å². The van der Waals surface area contributed by atoms with Crippen molar-refractivity contribution in [2.45, 2.75) is 45.4 Å². The van der Waals surface area contributed by atoms with Gasteiger partial charge in [-0.1, -0.05) is 32.1 Å². The standard InChI is InChI=1S/C22H23FN2O2/c1-21(2)12-22(10-14(11-24)19(21)26)8-9-25(13-22)20(27)17-7-6-16-15(17)4-3-5-18(16)23/h3-5,10,17H,6-9,12-13H2,1-2H3/t17?,22-/m0/s1. The van der Waals surface area contributed by atoms with E-state index in [0.717, 1.165) is 12.0 Å². The van der Waals surface area contributed by atoms with Crippen LogP contribution in [0.1, 0.15) is 50.2 Å². The number of nitrogens with zero attached hydrogens (tertiary/aromatic N) is 2. The molecule has 5 heteroatoms. The van der Waals surface area contributed by atoms with E-state index in [1.165, 1.54) is 6.07 Å². The Morgan fingerprint density at radius 1 is 1.37 bits per heavy atom. The number of likely N-dealkylation sites (tertiary alicyclic amines) is 1. The van der Waals surface area contributed by atoms with E-state index in [0.29, 0.717) is 37.9 Å². The maximum Gasteiger partial charge on any atom is 0.230 e. The van der Waals surface area contributed by atoms with Crippen molar-refractivity contribution in [3.63, 3.8) is 0 Å². The number of nitriles is 1. The molecule has 1 amide bonds. The molecule has 1 saturated heterocycles. The first kappa shape index (κ1) is 17.9. The predicted molar refractivity (Wildman–Crippen MR) is 98.2 cm³/mol. The Balaban J connectivity index is 1.59. The number of rotatable bonds is 1. The van der Waals surface area contributed by atoms with Gasteiger partial charge in [0.05, 0.1) is 11.5 Å². The quantitative estimate of drug-likeness (QED) is 0.764. The van der Waals surface area contributed by atoms with Gasteiger partial charge in [0.15, 0.2) is 5.78 Å². The fourth-order valence-corrected chi connectivity index (χ4v) is 5.26. The molecule has 1 aromatic rings. The highest BCUT2D eigenvalue weighted by molar-refractivity contribution is 6.03. The monoisotopic (exact) mass is 366 g/mol. The highest BCUT2D eigenvalue weighted by Crippen LogP contribution is 2.48. The Hall–Kier alpha value is -2.48. The Morgan fingerprint density at radius 2 is 2.15 bits per heavy atom. The smallest absolute Gasteiger partial charge is 0.230 e. The second kappa shape index (κ2) is 6.02. The molecule has 0 aromatic heterocycles. The number of hydrogen-bond donors (Lipinski definition) is 0. The Bertz CT molecular complexity index is 911. The molecule has 0 saturated carbocycles. The maximum absolute atomic E-state index is 14.0. The zero-order valence-corrected chi connectivity index (χ0v) is 15.7. The van der Waals surface area contributed by atoms with E-state index in [2.05, 4.69) is 0 Å². The van der Waals surface area contributed by atoms with Crippen molar-refractivity contribution < 1.29 is 14.0 Å². The van der Waals surface area contributed by atoms with E-state index >= 15 is 0 Å². The van der Waals surface area contributed by atoms with Crippen LogP contribution in [0.4, 0.5) is 4.39 Å². The van der Waals surface area contributed by atoms with Crippen molar-refractivity contribution in [2.75, 3.05) is 13.1 Å². The summed E-state index contributed by atoms with van der Waals surface area (Å²) in [6.45, 7) is 4.89. The molecule has 4 rings (SSSR count). The fourth-order valence-electron chi connectivity index (χ4n) is 5.26. The maximum atomic E-state index is 14.0. The molecule has 3 aliphatic rings. The molecular formula is C22H23FN2O2. The molecule has 2 atom stereocenters. The van der Waals surface area contributed by atoms with Gasteiger partial charge in [-0.05, 0) is 42.9 Å². The van der Waals surface area contributed by atoms with Gasteiger partial charge in [0, 0.05) is 23.9 Å². The largest absolute Gasteiger partial charge is 0.341 e. The van der Waals surface area contributed by atoms with Crippen LogP contribution in [0, 0.1) is 28.0 Å². The van der Waals surface area contributed by atoms with E-state index < -0.39 is 5.41 Å². The topological polar surface area (TPSA) is 61.2 Å². The van der Waals surface area contributed by atoms with Crippen LogP contribution in [0.5, 0.6) is 0 Å². The molecule has 1 aromatic carbocycles. The van der Waals surface area contributed by atoms with Crippen LogP contribution in [0.15, 0.2) is 29.8 Å². The lowest BCUT2D eigenvalue weighted by molar-refractivity contribution is -0.132. The lowest BCUT2D eigenvalue weighted by Crippen LogP contribution is -2.41. The molecule has 2 aliphatic carbocycles. The summed E-state index contributed by atoms with van der Waals surface area (Å²) < 4.78 is 14.0. The molecule has 1 heterocycles. The number of halogens is 1. The normalized spacial score (nSPS) is 28.8. The van der Waals surface area contributed by atoms with Crippen molar-refractivity contribution in [3.05, 3.63) is 46.8 Å². The third-order valence-corrected chi connectivity index (χ3v) is 6.43. The average molecular weight is 366 g/mol. The van der Waals surface area contributed by atoms with Gasteiger partial charge in [-0.3, -0.25) is 9.59 Å². The van der Waals surface area contributed by atoms with Crippen molar-refractivity contribution in [1.82, 2.24) is 4.90 Å². The van der Waals surface area contributed by atoms with Gasteiger partial charge >= 0.3 is 0 Å². The van der Waals surface area contributed by atoms with Crippen LogP contribution in [0.3, 0.4) is 0 Å². The number of allylic oxidation sites excluding steroid dienone is 1. The van der Waals surface area contributed by atoms with E-state index in [4.69, 9.17) is 0 Å². The zero-order chi connectivity index (χ0) is 19.4. The number of carbonyl (C=O) groups is 2. The second-order valence-corrected chi connectivity index (χ2v) is 8.83. The van der Waals surface area contributed by atoms with Gasteiger partial charge in [0.1, 0.15) is 11.9 Å². The molecule has 1 unspecified atom stereocenters. The van der Waals surface area contributed by atoms with E-state index in [-0.39, 0.29) is 34.4 Å². The van der Waals surface area contributed by atoms with Gasteiger partial charge in [-0.25, -0.2) is 4.39 Å². The highest BCUT2D eigenvalue weighted by atomic mass is 19.1. The molecule has 1 fully saturated rings. The molecule has 27 heavy (non-hydrogen) atoms. The van der Waals surface area contributed by atoms with Gasteiger partial charge in [-0.2, -0.15) is 5.26 Å².